The summed E-state index contributed by atoms with van der Waals surface area (Å²) in [6, 6.07) is 10.5. The highest BCUT2D eigenvalue weighted by atomic mass is 16.5. The normalized spacial score (nSPS) is 10.0. The van der Waals surface area contributed by atoms with E-state index in [9.17, 15) is 4.79 Å². The maximum absolute atomic E-state index is 11.7. The molecule has 0 radical (unpaired) electrons. The molecule has 18 heavy (non-hydrogen) atoms. The van der Waals surface area contributed by atoms with Crippen LogP contribution in [0.5, 0.6) is 0 Å². The smallest absolute Gasteiger partial charge is 0.338 e. The third-order valence-electron chi connectivity index (χ3n) is 2.50. The molecule has 4 nitrogen and oxygen atoms in total. The van der Waals surface area contributed by atoms with Gasteiger partial charge in [-0.1, -0.05) is 6.07 Å². The van der Waals surface area contributed by atoms with E-state index in [1.54, 1.807) is 36.7 Å². The van der Waals surface area contributed by atoms with Crippen molar-refractivity contribution in [3.8, 4) is 0 Å². The fourth-order valence-electron chi connectivity index (χ4n) is 1.56. The first-order valence-corrected chi connectivity index (χ1v) is 5.67. The Labute approximate surface area is 105 Å². The van der Waals surface area contributed by atoms with Gasteiger partial charge in [-0.2, -0.15) is 0 Å². The minimum absolute atomic E-state index is 0.345. The molecule has 0 saturated heterocycles. The molecule has 1 heterocycles. The molecular formula is C14H14N2O2. The summed E-state index contributed by atoms with van der Waals surface area (Å²) >= 11 is 0. The predicted octanol–water partition coefficient (Wildman–Crippen LogP) is 2.06. The molecule has 1 aromatic heterocycles. The van der Waals surface area contributed by atoms with Crippen molar-refractivity contribution in [3.63, 3.8) is 0 Å². The Kier molecular flexibility index (Phi) is 3.91. The maximum Gasteiger partial charge on any atom is 0.338 e. The van der Waals surface area contributed by atoms with E-state index in [-0.39, 0.29) is 5.97 Å². The average Bonchev–Trinajstić information content (AvgIpc) is 2.40. The molecule has 1 aromatic carbocycles. The summed E-state index contributed by atoms with van der Waals surface area (Å²) in [6.45, 7) is 0.345. The molecule has 2 aromatic rings. The van der Waals surface area contributed by atoms with Crippen molar-refractivity contribution in [1.29, 1.82) is 0 Å². The number of ether oxygens (including phenoxy) is 1. The molecule has 0 bridgehead atoms. The van der Waals surface area contributed by atoms with E-state index >= 15 is 0 Å². The van der Waals surface area contributed by atoms with Crippen LogP contribution in [0.3, 0.4) is 0 Å². The largest absolute Gasteiger partial charge is 0.462 e. The third kappa shape index (κ3) is 3.31. The van der Waals surface area contributed by atoms with Crippen LogP contribution in [-0.2, 0) is 11.2 Å². The SMILES string of the molecule is Nc1cccc(C(=O)OCCc2ccncc2)c1. The Balaban J connectivity index is 1.86. The van der Waals surface area contributed by atoms with Crippen molar-refractivity contribution in [1.82, 2.24) is 4.98 Å². The van der Waals surface area contributed by atoms with E-state index in [0.29, 0.717) is 24.3 Å². The Morgan fingerprint density at radius 2 is 2.00 bits per heavy atom. The van der Waals surface area contributed by atoms with Crippen LogP contribution in [0.4, 0.5) is 5.69 Å². The Bertz CT molecular complexity index is 526. The number of hydrogen-bond acceptors (Lipinski definition) is 4. The molecule has 2 N–H and O–H groups in total. The molecule has 2 rings (SSSR count). The van der Waals surface area contributed by atoms with Gasteiger partial charge in [0, 0.05) is 24.5 Å². The van der Waals surface area contributed by atoms with Gasteiger partial charge in [0.15, 0.2) is 0 Å². The minimum atomic E-state index is -0.351. The van der Waals surface area contributed by atoms with Crippen LogP contribution in [0, 0.1) is 0 Å². The van der Waals surface area contributed by atoms with Crippen molar-refractivity contribution in [3.05, 3.63) is 59.9 Å². The minimum Gasteiger partial charge on any atom is -0.462 e. The first kappa shape index (κ1) is 12.1. The summed E-state index contributed by atoms with van der Waals surface area (Å²) in [5.41, 5.74) is 7.72. The van der Waals surface area contributed by atoms with Crippen molar-refractivity contribution in [2.24, 2.45) is 0 Å². The van der Waals surface area contributed by atoms with Crippen LogP contribution in [0.1, 0.15) is 15.9 Å². The molecule has 92 valence electrons. The number of anilines is 1. The van der Waals surface area contributed by atoms with Gasteiger partial charge in [-0.25, -0.2) is 4.79 Å². The van der Waals surface area contributed by atoms with Crippen LogP contribution in [-0.4, -0.2) is 17.6 Å². The van der Waals surface area contributed by atoms with Crippen LogP contribution >= 0.6 is 0 Å². The monoisotopic (exact) mass is 242 g/mol. The third-order valence-corrected chi connectivity index (χ3v) is 2.50. The summed E-state index contributed by atoms with van der Waals surface area (Å²) in [7, 11) is 0. The fourth-order valence-corrected chi connectivity index (χ4v) is 1.56. The lowest BCUT2D eigenvalue weighted by molar-refractivity contribution is 0.0509. The second kappa shape index (κ2) is 5.82. The van der Waals surface area contributed by atoms with E-state index in [1.165, 1.54) is 0 Å². The number of aromatic nitrogens is 1. The summed E-state index contributed by atoms with van der Waals surface area (Å²) in [4.78, 5) is 15.6. The van der Waals surface area contributed by atoms with Gasteiger partial charge in [0.1, 0.15) is 0 Å². The highest BCUT2D eigenvalue weighted by Crippen LogP contribution is 2.08. The molecule has 0 fully saturated rings. The zero-order valence-corrected chi connectivity index (χ0v) is 9.87. The highest BCUT2D eigenvalue weighted by Gasteiger charge is 2.06. The number of benzene rings is 1. The van der Waals surface area contributed by atoms with Gasteiger partial charge >= 0.3 is 5.97 Å². The van der Waals surface area contributed by atoms with Crippen molar-refractivity contribution in [2.75, 3.05) is 12.3 Å². The molecule has 0 saturated carbocycles. The molecule has 0 atom stereocenters. The van der Waals surface area contributed by atoms with Gasteiger partial charge in [-0.15, -0.1) is 0 Å². The van der Waals surface area contributed by atoms with E-state index in [2.05, 4.69) is 4.98 Å². The van der Waals surface area contributed by atoms with E-state index < -0.39 is 0 Å². The standard InChI is InChI=1S/C14H14N2O2/c15-13-3-1-2-12(10-13)14(17)18-9-6-11-4-7-16-8-5-11/h1-5,7-8,10H,6,9,15H2. The topological polar surface area (TPSA) is 65.2 Å². The quantitative estimate of drug-likeness (QED) is 0.658. The number of rotatable bonds is 4. The van der Waals surface area contributed by atoms with Crippen molar-refractivity contribution < 1.29 is 9.53 Å². The number of hydrogen-bond donors (Lipinski definition) is 1. The van der Waals surface area contributed by atoms with Gasteiger partial charge in [0.05, 0.1) is 12.2 Å². The lowest BCUT2D eigenvalue weighted by Crippen LogP contribution is -2.08. The van der Waals surface area contributed by atoms with Gasteiger partial charge in [-0.3, -0.25) is 4.98 Å². The van der Waals surface area contributed by atoms with E-state index in [0.717, 1.165) is 5.56 Å². The number of esters is 1. The summed E-state index contributed by atoms with van der Waals surface area (Å²) in [5, 5.41) is 0. The lowest BCUT2D eigenvalue weighted by atomic mass is 10.2. The molecule has 0 amide bonds. The summed E-state index contributed by atoms with van der Waals surface area (Å²) in [6.07, 6.45) is 4.11. The molecule has 4 heteroatoms. The lowest BCUT2D eigenvalue weighted by Gasteiger charge is -2.05. The maximum atomic E-state index is 11.7. The second-order valence-corrected chi connectivity index (χ2v) is 3.87. The van der Waals surface area contributed by atoms with Crippen LogP contribution in [0.2, 0.25) is 0 Å². The van der Waals surface area contributed by atoms with Crippen molar-refractivity contribution >= 4 is 11.7 Å². The number of pyridine rings is 1. The number of carbonyl (C=O) groups is 1. The molecular weight excluding hydrogens is 228 g/mol. The fraction of sp³-hybridized carbons (Fsp3) is 0.143. The predicted molar refractivity (Wildman–Crippen MR) is 69.1 cm³/mol. The molecule has 0 aliphatic rings. The van der Waals surface area contributed by atoms with Gasteiger partial charge in [0.25, 0.3) is 0 Å². The Morgan fingerprint density at radius 3 is 2.72 bits per heavy atom. The average molecular weight is 242 g/mol. The summed E-state index contributed by atoms with van der Waals surface area (Å²) in [5.74, 6) is -0.351. The van der Waals surface area contributed by atoms with Gasteiger partial charge in [-0.05, 0) is 35.9 Å². The number of carbonyl (C=O) groups excluding carboxylic acids is 1. The van der Waals surface area contributed by atoms with E-state index in [1.807, 2.05) is 12.1 Å². The van der Waals surface area contributed by atoms with Gasteiger partial charge < -0.3 is 10.5 Å². The second-order valence-electron chi connectivity index (χ2n) is 3.87. The van der Waals surface area contributed by atoms with Crippen LogP contribution in [0.15, 0.2) is 48.8 Å². The van der Waals surface area contributed by atoms with E-state index in [4.69, 9.17) is 10.5 Å². The first-order valence-electron chi connectivity index (χ1n) is 5.67. The molecule has 0 spiro atoms. The first-order chi connectivity index (χ1) is 8.75. The Morgan fingerprint density at radius 1 is 1.22 bits per heavy atom. The molecule has 0 aliphatic heterocycles. The molecule has 0 aliphatic carbocycles. The summed E-state index contributed by atoms with van der Waals surface area (Å²) < 4.78 is 5.17. The number of nitrogen functional groups attached to an aromatic ring is 1. The van der Waals surface area contributed by atoms with Gasteiger partial charge in [0.2, 0.25) is 0 Å². The zero-order chi connectivity index (χ0) is 12.8. The van der Waals surface area contributed by atoms with Crippen LogP contribution in [0.25, 0.3) is 0 Å². The highest BCUT2D eigenvalue weighted by molar-refractivity contribution is 5.90. The molecule has 0 unspecified atom stereocenters. The number of nitrogens with two attached hydrogens (primary N) is 1. The van der Waals surface area contributed by atoms with Crippen LogP contribution < -0.4 is 5.73 Å². The Hall–Kier alpha value is -2.36. The van der Waals surface area contributed by atoms with Crippen molar-refractivity contribution in [2.45, 2.75) is 6.42 Å². The zero-order valence-electron chi connectivity index (χ0n) is 9.87. The number of nitrogens with zero attached hydrogens (tertiary/aromatic N) is 1.